The maximum Gasteiger partial charge on any atom is 0.408 e. The number of nitrogens with one attached hydrogen (secondary N) is 1. The van der Waals surface area contributed by atoms with Crippen LogP contribution in [0.3, 0.4) is 0 Å². The monoisotopic (exact) mass is 416 g/mol. The van der Waals surface area contributed by atoms with E-state index in [0.717, 1.165) is 11.1 Å². The quantitative estimate of drug-likeness (QED) is 0.630. The summed E-state index contributed by atoms with van der Waals surface area (Å²) in [5.41, 5.74) is 0.877. The standard InChI is InChI=1S/C23H28FNO5/c1-16(18-8-6-5-7-9-18)29-21(26)20(25-22(27)30-23(2,3)4)14-17-10-12-19(13-11-17)28-15-24/h5-13,16,20H,14-15H2,1-4H3,(H,25,27)/t16?,20-/m1/s1/i24-1. The average Bonchev–Trinajstić information content (AvgIpc) is 2.68. The van der Waals surface area contributed by atoms with E-state index < -0.39 is 36.7 Å². The van der Waals surface area contributed by atoms with E-state index in [1.807, 2.05) is 30.3 Å². The second kappa shape index (κ2) is 10.6. The van der Waals surface area contributed by atoms with Crippen LogP contribution in [0.2, 0.25) is 0 Å². The second-order valence-corrected chi connectivity index (χ2v) is 7.79. The van der Waals surface area contributed by atoms with Gasteiger partial charge in [0, 0.05) is 6.42 Å². The number of benzene rings is 2. The van der Waals surface area contributed by atoms with Gasteiger partial charge in [0.15, 0.2) is 0 Å². The summed E-state index contributed by atoms with van der Waals surface area (Å²) in [6.45, 7) is 6.05. The Labute approximate surface area is 176 Å². The van der Waals surface area contributed by atoms with Crippen LogP contribution in [0, 0.1) is 0 Å². The van der Waals surface area contributed by atoms with E-state index in [1.54, 1.807) is 52.0 Å². The summed E-state index contributed by atoms with van der Waals surface area (Å²) >= 11 is 0. The second-order valence-electron chi connectivity index (χ2n) is 7.79. The lowest BCUT2D eigenvalue weighted by Crippen LogP contribution is -2.45. The van der Waals surface area contributed by atoms with Gasteiger partial charge in [-0.05, 0) is 51.0 Å². The Bertz CT molecular complexity index is 818. The van der Waals surface area contributed by atoms with Crippen LogP contribution in [-0.4, -0.2) is 30.6 Å². The normalized spacial score (nSPS) is 13.1. The van der Waals surface area contributed by atoms with Crippen LogP contribution in [0.5, 0.6) is 5.75 Å². The number of rotatable bonds is 8. The third-order valence-electron chi connectivity index (χ3n) is 4.12. The molecule has 2 aromatic carbocycles. The molecule has 0 aliphatic heterocycles. The van der Waals surface area contributed by atoms with E-state index in [-0.39, 0.29) is 6.42 Å². The maximum absolute atomic E-state index is 12.8. The molecule has 0 fully saturated rings. The number of carbonyl (C=O) groups is 2. The van der Waals surface area contributed by atoms with Gasteiger partial charge in [-0.15, -0.1) is 0 Å². The third kappa shape index (κ3) is 7.73. The van der Waals surface area contributed by atoms with E-state index >= 15 is 0 Å². The molecule has 2 aromatic rings. The molecule has 0 heterocycles. The number of ether oxygens (including phenoxy) is 3. The molecule has 1 unspecified atom stereocenters. The van der Waals surface area contributed by atoms with Crippen LogP contribution in [0.15, 0.2) is 54.6 Å². The van der Waals surface area contributed by atoms with Crippen molar-refractivity contribution in [3.8, 4) is 5.75 Å². The fourth-order valence-corrected chi connectivity index (χ4v) is 2.71. The molecule has 0 radical (unpaired) electrons. The first-order valence-corrected chi connectivity index (χ1v) is 9.70. The number of halogens is 1. The van der Waals surface area contributed by atoms with Crippen LogP contribution in [0.1, 0.15) is 44.9 Å². The summed E-state index contributed by atoms with van der Waals surface area (Å²) in [5.74, 6) is -0.209. The molecule has 1 amide bonds. The van der Waals surface area contributed by atoms with Crippen molar-refractivity contribution < 1.29 is 28.2 Å². The topological polar surface area (TPSA) is 73.9 Å². The zero-order valence-electron chi connectivity index (χ0n) is 17.7. The van der Waals surface area contributed by atoms with E-state index in [1.165, 1.54) is 0 Å². The van der Waals surface area contributed by atoms with Gasteiger partial charge in [-0.25, -0.2) is 14.0 Å². The largest absolute Gasteiger partial charge is 0.463 e. The molecule has 0 bridgehead atoms. The summed E-state index contributed by atoms with van der Waals surface area (Å²) in [7, 11) is 0. The zero-order valence-corrected chi connectivity index (χ0v) is 17.7. The highest BCUT2D eigenvalue weighted by Crippen LogP contribution is 2.19. The lowest BCUT2D eigenvalue weighted by atomic mass is 10.1. The SMILES string of the molecule is CC(OC(=O)[C@@H](Cc1ccc(OC[18F])cc1)NC(=O)OC(C)(C)C)c1ccccc1. The fraction of sp³-hybridized carbons (Fsp3) is 0.391. The van der Waals surface area contributed by atoms with Crippen LogP contribution in [0.4, 0.5) is 9.18 Å². The highest BCUT2D eigenvalue weighted by Gasteiger charge is 2.27. The maximum atomic E-state index is 12.8. The molecule has 30 heavy (non-hydrogen) atoms. The number of alkyl halides is 1. The molecule has 162 valence electrons. The highest BCUT2D eigenvalue weighted by atomic mass is 18.2. The van der Waals surface area contributed by atoms with Crippen molar-refractivity contribution in [2.75, 3.05) is 6.86 Å². The number of alkyl carbamates (subject to hydrolysis) is 1. The summed E-state index contributed by atoms with van der Waals surface area (Å²) < 4.78 is 27.9. The van der Waals surface area contributed by atoms with Crippen LogP contribution < -0.4 is 10.1 Å². The number of hydrogen-bond donors (Lipinski definition) is 1. The molecule has 0 saturated carbocycles. The van der Waals surface area contributed by atoms with Gasteiger partial charge in [0.1, 0.15) is 23.5 Å². The zero-order chi connectivity index (χ0) is 22.1. The molecule has 6 nitrogen and oxygen atoms in total. The number of carbonyl (C=O) groups excluding carboxylic acids is 2. The lowest BCUT2D eigenvalue weighted by molar-refractivity contribution is -0.151. The number of amides is 1. The number of esters is 1. The van der Waals surface area contributed by atoms with Crippen molar-refractivity contribution in [2.24, 2.45) is 0 Å². The fourth-order valence-electron chi connectivity index (χ4n) is 2.71. The Kier molecular flexibility index (Phi) is 8.21. The lowest BCUT2D eigenvalue weighted by Gasteiger charge is -2.24. The summed E-state index contributed by atoms with van der Waals surface area (Å²) in [6, 6.07) is 14.9. The van der Waals surface area contributed by atoms with Crippen LogP contribution in [0.25, 0.3) is 0 Å². The Morgan fingerprint density at radius 3 is 2.23 bits per heavy atom. The number of hydrogen-bond acceptors (Lipinski definition) is 5. The molecule has 2 rings (SSSR count). The summed E-state index contributed by atoms with van der Waals surface area (Å²) in [4.78, 5) is 25.1. The predicted octanol–water partition coefficient (Wildman–Crippen LogP) is 4.73. The average molecular weight is 416 g/mol. The van der Waals surface area contributed by atoms with Gasteiger partial charge in [-0.3, -0.25) is 0 Å². The Balaban J connectivity index is 2.12. The van der Waals surface area contributed by atoms with Gasteiger partial charge in [-0.2, -0.15) is 0 Å². The first-order valence-electron chi connectivity index (χ1n) is 9.70. The summed E-state index contributed by atoms with van der Waals surface area (Å²) in [6.07, 6.45) is -1.02. The third-order valence-corrected chi connectivity index (χ3v) is 4.12. The van der Waals surface area contributed by atoms with E-state index in [9.17, 15) is 14.0 Å². The minimum atomic E-state index is -0.959. The molecular weight excluding hydrogens is 388 g/mol. The van der Waals surface area contributed by atoms with Crippen molar-refractivity contribution in [1.29, 1.82) is 0 Å². The molecule has 0 aromatic heterocycles. The Morgan fingerprint density at radius 2 is 1.67 bits per heavy atom. The summed E-state index contributed by atoms with van der Waals surface area (Å²) in [5, 5.41) is 2.59. The molecule has 1 N–H and O–H groups in total. The van der Waals surface area contributed by atoms with Gasteiger partial charge >= 0.3 is 12.1 Å². The van der Waals surface area contributed by atoms with Crippen molar-refractivity contribution in [3.63, 3.8) is 0 Å². The molecule has 7 heteroatoms. The van der Waals surface area contributed by atoms with Crippen molar-refractivity contribution >= 4 is 12.1 Å². The molecule has 0 saturated heterocycles. The van der Waals surface area contributed by atoms with E-state index in [0.29, 0.717) is 5.75 Å². The van der Waals surface area contributed by atoms with Crippen molar-refractivity contribution in [1.82, 2.24) is 5.32 Å². The molecule has 0 spiro atoms. The van der Waals surface area contributed by atoms with Crippen molar-refractivity contribution in [2.45, 2.75) is 51.9 Å². The predicted molar refractivity (Wildman–Crippen MR) is 111 cm³/mol. The first-order chi connectivity index (χ1) is 14.2. The van der Waals surface area contributed by atoms with E-state index in [4.69, 9.17) is 14.2 Å². The molecule has 2 atom stereocenters. The highest BCUT2D eigenvalue weighted by molar-refractivity contribution is 5.82. The van der Waals surface area contributed by atoms with Gasteiger partial charge in [0.25, 0.3) is 0 Å². The Morgan fingerprint density at radius 1 is 1.03 bits per heavy atom. The smallest absolute Gasteiger partial charge is 0.408 e. The molecular formula is C23H28FNO5. The van der Waals surface area contributed by atoms with Crippen LogP contribution in [-0.2, 0) is 20.7 Å². The molecule has 0 aliphatic carbocycles. The minimum Gasteiger partial charge on any atom is -0.463 e. The first kappa shape index (κ1) is 23.2. The van der Waals surface area contributed by atoms with Crippen LogP contribution >= 0.6 is 0 Å². The molecule has 0 aliphatic rings. The van der Waals surface area contributed by atoms with Crippen molar-refractivity contribution in [3.05, 3.63) is 65.7 Å². The van der Waals surface area contributed by atoms with Gasteiger partial charge < -0.3 is 19.5 Å². The van der Waals surface area contributed by atoms with Gasteiger partial charge in [-0.1, -0.05) is 42.5 Å². The van der Waals surface area contributed by atoms with E-state index in [2.05, 4.69) is 5.32 Å². The van der Waals surface area contributed by atoms with Gasteiger partial charge in [0.05, 0.1) is 0 Å². The Hall–Kier alpha value is -3.09. The minimum absolute atomic E-state index is 0.176. The van der Waals surface area contributed by atoms with Gasteiger partial charge in [0.2, 0.25) is 6.86 Å².